The maximum Gasteiger partial charge on any atom is 0.307 e. The van der Waals surface area contributed by atoms with Crippen LogP contribution in [0.2, 0.25) is 10.0 Å². The molecule has 4 nitrogen and oxygen atoms in total. The normalized spacial score (nSPS) is 10.6. The topological polar surface area (TPSA) is 63.6 Å². The van der Waals surface area contributed by atoms with E-state index in [2.05, 4.69) is 0 Å². The van der Waals surface area contributed by atoms with Crippen molar-refractivity contribution in [2.45, 2.75) is 6.42 Å². The summed E-state index contributed by atoms with van der Waals surface area (Å²) in [5, 5.41) is 10.3. The predicted octanol–water partition coefficient (Wildman–Crippen LogP) is 5.59. The van der Waals surface area contributed by atoms with Crippen molar-refractivity contribution in [3.8, 4) is 16.2 Å². The van der Waals surface area contributed by atoms with Gasteiger partial charge in [0.25, 0.3) is 0 Å². The van der Waals surface area contributed by atoms with Crippen LogP contribution in [-0.4, -0.2) is 24.0 Å². The number of rotatable bonds is 6. The Bertz CT molecular complexity index is 1010. The number of carbonyl (C=O) groups is 2. The Balaban J connectivity index is 2.07. The van der Waals surface area contributed by atoms with Crippen molar-refractivity contribution in [2.75, 3.05) is 7.11 Å². The van der Waals surface area contributed by atoms with Gasteiger partial charge in [0.2, 0.25) is 5.78 Å². The van der Waals surface area contributed by atoms with Gasteiger partial charge in [-0.2, -0.15) is 0 Å². The molecule has 2 aromatic carbocycles. The van der Waals surface area contributed by atoms with E-state index in [-0.39, 0.29) is 12.2 Å². The molecule has 1 aromatic heterocycles. The Morgan fingerprint density at radius 1 is 1.04 bits per heavy atom. The molecule has 138 valence electrons. The first-order chi connectivity index (χ1) is 12.9. The lowest BCUT2D eigenvalue weighted by Crippen LogP contribution is -2.02. The van der Waals surface area contributed by atoms with Crippen LogP contribution in [0, 0.1) is 0 Å². The number of carboxylic acid groups (broad SMARTS) is 1. The van der Waals surface area contributed by atoms with Crippen LogP contribution in [0.5, 0.6) is 5.75 Å². The number of halogens is 2. The number of ether oxygens (including phenoxy) is 1. The van der Waals surface area contributed by atoms with Crippen LogP contribution >= 0.6 is 34.5 Å². The third-order valence-corrected chi connectivity index (χ3v) is 5.60. The molecular weight excluding hydrogens is 407 g/mol. The Morgan fingerprint density at radius 3 is 2.33 bits per heavy atom. The largest absolute Gasteiger partial charge is 0.496 e. The average Bonchev–Trinajstić information content (AvgIpc) is 3.04. The second kappa shape index (κ2) is 8.13. The molecule has 0 aliphatic rings. The summed E-state index contributed by atoms with van der Waals surface area (Å²) < 4.78 is 5.26. The highest BCUT2D eigenvalue weighted by Gasteiger charge is 2.21. The van der Waals surface area contributed by atoms with Crippen molar-refractivity contribution < 1.29 is 19.4 Å². The van der Waals surface area contributed by atoms with Gasteiger partial charge in [0.05, 0.1) is 24.0 Å². The minimum absolute atomic E-state index is 0.181. The Morgan fingerprint density at radius 2 is 1.70 bits per heavy atom. The van der Waals surface area contributed by atoms with Gasteiger partial charge in [0.15, 0.2) is 0 Å². The Kier molecular flexibility index (Phi) is 5.85. The molecule has 3 rings (SSSR count). The first-order valence-corrected chi connectivity index (χ1v) is 9.45. The summed E-state index contributed by atoms with van der Waals surface area (Å²) >= 11 is 13.1. The van der Waals surface area contributed by atoms with E-state index in [1.807, 2.05) is 0 Å². The van der Waals surface area contributed by atoms with E-state index >= 15 is 0 Å². The first kappa shape index (κ1) is 19.4. The van der Waals surface area contributed by atoms with E-state index in [1.165, 1.54) is 18.4 Å². The number of aliphatic carboxylic acids is 1. The minimum atomic E-state index is -0.967. The Hall–Kier alpha value is -2.34. The number of benzene rings is 2. The third kappa shape index (κ3) is 4.33. The summed E-state index contributed by atoms with van der Waals surface area (Å²) in [5.41, 5.74) is 1.75. The van der Waals surface area contributed by atoms with Gasteiger partial charge in [-0.05, 0) is 47.5 Å². The fourth-order valence-corrected chi connectivity index (χ4v) is 4.09. The molecular formula is C20H14Cl2O4S. The number of thiophene rings is 1. The van der Waals surface area contributed by atoms with Crippen LogP contribution in [0.1, 0.15) is 20.8 Å². The summed E-state index contributed by atoms with van der Waals surface area (Å²) in [6.07, 6.45) is -0.181. The maximum atomic E-state index is 13.0. The maximum absolute atomic E-state index is 13.0. The van der Waals surface area contributed by atoms with Crippen LogP contribution in [0.4, 0.5) is 0 Å². The molecule has 0 radical (unpaired) electrons. The van der Waals surface area contributed by atoms with Crippen molar-refractivity contribution in [3.63, 3.8) is 0 Å². The molecule has 0 saturated carbocycles. The molecule has 1 N–H and O–H groups in total. The smallest absolute Gasteiger partial charge is 0.307 e. The van der Waals surface area contributed by atoms with Crippen molar-refractivity contribution in [2.24, 2.45) is 0 Å². The number of methoxy groups -OCH3 is 1. The van der Waals surface area contributed by atoms with Gasteiger partial charge in [-0.15, -0.1) is 11.3 Å². The second-order valence-corrected chi connectivity index (χ2v) is 7.64. The van der Waals surface area contributed by atoms with E-state index in [1.54, 1.807) is 48.5 Å². The monoisotopic (exact) mass is 420 g/mol. The molecule has 7 heteroatoms. The third-order valence-electron chi connectivity index (χ3n) is 3.89. The number of carbonyl (C=O) groups excluding carboxylic acids is 1. The summed E-state index contributed by atoms with van der Waals surface area (Å²) in [7, 11) is 1.46. The Labute approximate surface area is 169 Å². The molecule has 0 saturated heterocycles. The van der Waals surface area contributed by atoms with Crippen molar-refractivity contribution in [1.82, 2.24) is 0 Å². The lowest BCUT2D eigenvalue weighted by molar-refractivity contribution is -0.136. The van der Waals surface area contributed by atoms with Crippen molar-refractivity contribution in [1.29, 1.82) is 0 Å². The van der Waals surface area contributed by atoms with E-state index < -0.39 is 5.97 Å². The van der Waals surface area contributed by atoms with E-state index in [9.17, 15) is 14.7 Å². The highest BCUT2D eigenvalue weighted by atomic mass is 35.5. The number of ketones is 1. The van der Waals surface area contributed by atoms with Gasteiger partial charge in [-0.3, -0.25) is 9.59 Å². The molecule has 3 aromatic rings. The summed E-state index contributed by atoms with van der Waals surface area (Å²) in [6.45, 7) is 0. The van der Waals surface area contributed by atoms with Crippen LogP contribution in [-0.2, 0) is 11.2 Å². The summed E-state index contributed by atoms with van der Waals surface area (Å²) in [4.78, 5) is 25.4. The van der Waals surface area contributed by atoms with Crippen LogP contribution in [0.3, 0.4) is 0 Å². The standard InChI is InChI=1S/C20H14Cl2O4S/c1-26-16-10-14(22)6-7-15(16)19(25)17-8-12(9-18(23)24)20(27-17)11-2-4-13(21)5-3-11/h2-8,10H,9H2,1H3,(H,23,24). The SMILES string of the molecule is COc1cc(Cl)ccc1C(=O)c1cc(CC(=O)O)c(-c2ccc(Cl)cc2)s1. The van der Waals surface area contributed by atoms with Crippen LogP contribution in [0.25, 0.3) is 10.4 Å². The zero-order valence-electron chi connectivity index (χ0n) is 14.2. The van der Waals surface area contributed by atoms with Crippen LogP contribution < -0.4 is 4.74 Å². The second-order valence-electron chi connectivity index (χ2n) is 5.72. The van der Waals surface area contributed by atoms with Crippen molar-refractivity contribution in [3.05, 3.63) is 74.6 Å². The van der Waals surface area contributed by atoms with E-state index in [4.69, 9.17) is 27.9 Å². The molecule has 1 heterocycles. The van der Waals surface area contributed by atoms with Gasteiger partial charge < -0.3 is 9.84 Å². The quantitative estimate of drug-likeness (QED) is 0.527. The van der Waals surface area contributed by atoms with E-state index in [0.717, 1.165) is 10.4 Å². The fourth-order valence-electron chi connectivity index (χ4n) is 2.67. The van der Waals surface area contributed by atoms with E-state index in [0.29, 0.717) is 31.8 Å². The molecule has 0 aliphatic heterocycles. The number of hydrogen-bond donors (Lipinski definition) is 1. The van der Waals surface area contributed by atoms with Gasteiger partial charge in [-0.25, -0.2) is 0 Å². The minimum Gasteiger partial charge on any atom is -0.496 e. The molecule has 0 aliphatic carbocycles. The fraction of sp³-hybridized carbons (Fsp3) is 0.100. The average molecular weight is 421 g/mol. The highest BCUT2D eigenvalue weighted by Crippen LogP contribution is 2.36. The molecule has 0 spiro atoms. The summed E-state index contributed by atoms with van der Waals surface area (Å²) in [6, 6.07) is 13.5. The molecule has 0 bridgehead atoms. The molecule has 0 unspecified atom stereocenters. The molecule has 0 atom stereocenters. The van der Waals surface area contributed by atoms with Crippen molar-refractivity contribution >= 4 is 46.3 Å². The van der Waals surface area contributed by atoms with Crippen LogP contribution in [0.15, 0.2) is 48.5 Å². The highest BCUT2D eigenvalue weighted by molar-refractivity contribution is 7.17. The summed E-state index contributed by atoms with van der Waals surface area (Å²) in [5.74, 6) is -0.847. The van der Waals surface area contributed by atoms with Gasteiger partial charge in [0.1, 0.15) is 5.75 Å². The molecule has 0 amide bonds. The van der Waals surface area contributed by atoms with Gasteiger partial charge in [-0.1, -0.05) is 35.3 Å². The molecule has 27 heavy (non-hydrogen) atoms. The lowest BCUT2D eigenvalue weighted by Gasteiger charge is -2.06. The zero-order chi connectivity index (χ0) is 19.6. The zero-order valence-corrected chi connectivity index (χ0v) is 16.5. The first-order valence-electron chi connectivity index (χ1n) is 7.87. The predicted molar refractivity (Wildman–Crippen MR) is 108 cm³/mol. The van der Waals surface area contributed by atoms with Gasteiger partial charge >= 0.3 is 5.97 Å². The number of carboxylic acids is 1. The number of hydrogen-bond acceptors (Lipinski definition) is 4. The van der Waals surface area contributed by atoms with Gasteiger partial charge in [0, 0.05) is 14.9 Å². The lowest BCUT2D eigenvalue weighted by atomic mass is 10.0. The molecule has 0 fully saturated rings.